The zero-order chi connectivity index (χ0) is 22.1. The highest BCUT2D eigenvalue weighted by molar-refractivity contribution is 6.09. The van der Waals surface area contributed by atoms with Crippen molar-refractivity contribution in [3.05, 3.63) is 35.4 Å². The highest BCUT2D eigenvalue weighted by atomic mass is 16.3. The van der Waals surface area contributed by atoms with Crippen LogP contribution in [0.3, 0.4) is 0 Å². The fourth-order valence-corrected chi connectivity index (χ4v) is 4.34. The Morgan fingerprint density at radius 3 is 2.47 bits per heavy atom. The smallest absolute Gasteiger partial charge is 0.325 e. The summed E-state index contributed by atoms with van der Waals surface area (Å²) in [4.78, 5) is 41.4. The molecule has 1 aromatic carbocycles. The van der Waals surface area contributed by atoms with Gasteiger partial charge in [-0.2, -0.15) is 0 Å². The van der Waals surface area contributed by atoms with Crippen molar-refractivity contribution >= 4 is 17.8 Å². The zero-order valence-electron chi connectivity index (χ0n) is 18.4. The van der Waals surface area contributed by atoms with Gasteiger partial charge in [-0.15, -0.1) is 0 Å². The van der Waals surface area contributed by atoms with Crippen molar-refractivity contribution in [1.29, 1.82) is 0 Å². The number of imide groups is 1. The van der Waals surface area contributed by atoms with E-state index >= 15 is 0 Å². The Labute approximate surface area is 178 Å². The largest absolute Gasteiger partial charge is 0.396 e. The van der Waals surface area contributed by atoms with Gasteiger partial charge in [0.15, 0.2) is 0 Å². The van der Waals surface area contributed by atoms with Crippen molar-refractivity contribution in [2.45, 2.75) is 70.4 Å². The molecule has 2 fully saturated rings. The number of urea groups is 1. The van der Waals surface area contributed by atoms with Crippen LogP contribution in [0.25, 0.3) is 0 Å². The van der Waals surface area contributed by atoms with Gasteiger partial charge in [-0.25, -0.2) is 4.79 Å². The van der Waals surface area contributed by atoms with Crippen LogP contribution < -0.4 is 5.32 Å². The van der Waals surface area contributed by atoms with Crippen molar-refractivity contribution in [2.75, 3.05) is 19.7 Å². The Hall–Kier alpha value is -2.41. The third-order valence-corrected chi connectivity index (χ3v) is 6.31. The average molecular weight is 416 g/mol. The molecule has 2 aliphatic rings. The van der Waals surface area contributed by atoms with E-state index < -0.39 is 17.5 Å². The summed E-state index contributed by atoms with van der Waals surface area (Å²) in [7, 11) is 0. The number of piperidine rings is 1. The third-order valence-electron chi connectivity index (χ3n) is 6.31. The number of carbonyl (C=O) groups excluding carboxylic acids is 3. The minimum atomic E-state index is -1.19. The van der Waals surface area contributed by atoms with Crippen LogP contribution in [-0.2, 0) is 20.5 Å². The van der Waals surface area contributed by atoms with E-state index in [1.165, 1.54) is 0 Å². The van der Waals surface area contributed by atoms with E-state index in [2.05, 4.69) is 26.1 Å². The molecule has 4 amide bonds. The first-order chi connectivity index (χ1) is 14.1. The van der Waals surface area contributed by atoms with Gasteiger partial charge < -0.3 is 15.3 Å². The molecule has 30 heavy (non-hydrogen) atoms. The topological polar surface area (TPSA) is 90.0 Å². The Bertz CT molecular complexity index is 813. The van der Waals surface area contributed by atoms with E-state index in [0.29, 0.717) is 18.5 Å². The van der Waals surface area contributed by atoms with Gasteiger partial charge in [0.1, 0.15) is 12.1 Å². The first-order valence-corrected chi connectivity index (χ1v) is 10.7. The van der Waals surface area contributed by atoms with Gasteiger partial charge in [-0.05, 0) is 49.1 Å². The number of hydrogen-bond donors (Lipinski definition) is 2. The molecule has 1 aromatic rings. The second-order valence-electron chi connectivity index (χ2n) is 9.52. The fourth-order valence-electron chi connectivity index (χ4n) is 4.34. The maximum Gasteiger partial charge on any atom is 0.325 e. The molecule has 2 atom stereocenters. The molecule has 164 valence electrons. The van der Waals surface area contributed by atoms with Crippen molar-refractivity contribution in [2.24, 2.45) is 0 Å². The molecule has 2 N–H and O–H groups in total. The van der Waals surface area contributed by atoms with Gasteiger partial charge in [-0.1, -0.05) is 45.0 Å². The summed E-state index contributed by atoms with van der Waals surface area (Å²) in [5, 5.41) is 12.1. The van der Waals surface area contributed by atoms with Gasteiger partial charge in [-0.3, -0.25) is 14.5 Å². The molecule has 3 rings (SSSR count). The van der Waals surface area contributed by atoms with Gasteiger partial charge in [0.05, 0.1) is 0 Å². The lowest BCUT2D eigenvalue weighted by Crippen LogP contribution is -2.50. The molecule has 0 saturated carbocycles. The predicted molar refractivity (Wildman–Crippen MR) is 114 cm³/mol. The maximum absolute atomic E-state index is 13.2. The second kappa shape index (κ2) is 8.38. The number of hydrogen-bond acceptors (Lipinski definition) is 4. The minimum absolute atomic E-state index is 0.0135. The van der Waals surface area contributed by atoms with Crippen LogP contribution in [0.15, 0.2) is 24.3 Å². The molecule has 0 aromatic heterocycles. The lowest BCUT2D eigenvalue weighted by molar-refractivity contribution is -0.141. The number of nitrogens with zero attached hydrogens (tertiary/aromatic N) is 2. The molecule has 7 heteroatoms. The highest BCUT2D eigenvalue weighted by Gasteiger charge is 2.50. The van der Waals surface area contributed by atoms with Gasteiger partial charge >= 0.3 is 6.03 Å². The van der Waals surface area contributed by atoms with Crippen molar-refractivity contribution in [1.82, 2.24) is 15.1 Å². The van der Waals surface area contributed by atoms with E-state index in [0.717, 1.165) is 29.7 Å². The highest BCUT2D eigenvalue weighted by Crippen LogP contribution is 2.31. The molecule has 2 aliphatic heterocycles. The number of carbonyl (C=O) groups is 3. The Balaban J connectivity index is 1.76. The van der Waals surface area contributed by atoms with E-state index in [1.807, 2.05) is 24.3 Å². The lowest BCUT2D eigenvalue weighted by Gasteiger charge is -2.36. The first kappa shape index (κ1) is 22.3. The second-order valence-corrected chi connectivity index (χ2v) is 9.52. The molecule has 0 aliphatic carbocycles. The molecule has 2 unspecified atom stereocenters. The number of aliphatic hydroxyl groups excluding tert-OH is 1. The van der Waals surface area contributed by atoms with E-state index in [-0.39, 0.29) is 30.5 Å². The normalized spacial score (nSPS) is 24.9. The number of nitrogens with one attached hydrogen (secondary N) is 1. The molecule has 7 nitrogen and oxygen atoms in total. The number of rotatable bonds is 5. The Kier molecular flexibility index (Phi) is 6.22. The predicted octanol–water partition coefficient (Wildman–Crippen LogP) is 2.51. The summed E-state index contributed by atoms with van der Waals surface area (Å²) in [6.07, 6.45) is 3.26. The molecule has 2 heterocycles. The van der Waals surface area contributed by atoms with Crippen LogP contribution in [-0.4, -0.2) is 58.5 Å². The van der Waals surface area contributed by atoms with Crippen molar-refractivity contribution < 1.29 is 19.5 Å². The number of amides is 4. The monoisotopic (exact) mass is 415 g/mol. The van der Waals surface area contributed by atoms with E-state index in [4.69, 9.17) is 0 Å². The van der Waals surface area contributed by atoms with Crippen molar-refractivity contribution in [3.63, 3.8) is 0 Å². The van der Waals surface area contributed by atoms with Crippen LogP contribution in [0.2, 0.25) is 0 Å². The van der Waals surface area contributed by atoms with Gasteiger partial charge in [0, 0.05) is 19.2 Å². The van der Waals surface area contributed by atoms with Crippen LogP contribution >= 0.6 is 0 Å². The van der Waals surface area contributed by atoms with Crippen LogP contribution in [0.5, 0.6) is 0 Å². The summed E-state index contributed by atoms with van der Waals surface area (Å²) >= 11 is 0. The quantitative estimate of drug-likeness (QED) is 0.723. The third kappa shape index (κ3) is 4.21. The van der Waals surface area contributed by atoms with Crippen LogP contribution in [0, 0.1) is 0 Å². The van der Waals surface area contributed by atoms with Crippen LogP contribution in [0.4, 0.5) is 4.79 Å². The molecular weight excluding hydrogens is 382 g/mol. The molecule has 2 saturated heterocycles. The maximum atomic E-state index is 13.2. The Morgan fingerprint density at radius 1 is 1.20 bits per heavy atom. The number of benzene rings is 1. The van der Waals surface area contributed by atoms with Crippen LogP contribution in [0.1, 0.15) is 64.5 Å². The van der Waals surface area contributed by atoms with Gasteiger partial charge in [0.2, 0.25) is 5.91 Å². The average Bonchev–Trinajstić information content (AvgIpc) is 2.92. The summed E-state index contributed by atoms with van der Waals surface area (Å²) < 4.78 is 0. The SMILES string of the molecule is CC(C)(C)c1ccc(C2(C)NC(=O)N(CC(=O)N3CCCCC3CCO)C2=O)cc1. The minimum Gasteiger partial charge on any atom is -0.396 e. The fraction of sp³-hybridized carbons (Fsp3) is 0.609. The molecule has 0 radical (unpaired) electrons. The molecule has 0 bridgehead atoms. The van der Waals surface area contributed by atoms with E-state index in [1.54, 1.807) is 11.8 Å². The van der Waals surface area contributed by atoms with E-state index in [9.17, 15) is 19.5 Å². The number of likely N-dealkylation sites (tertiary alicyclic amines) is 1. The van der Waals surface area contributed by atoms with Gasteiger partial charge in [0.25, 0.3) is 5.91 Å². The Morgan fingerprint density at radius 2 is 1.87 bits per heavy atom. The number of aliphatic hydroxyl groups is 1. The summed E-state index contributed by atoms with van der Waals surface area (Å²) in [6, 6.07) is 7.10. The van der Waals surface area contributed by atoms with Crippen molar-refractivity contribution in [3.8, 4) is 0 Å². The molecule has 0 spiro atoms. The summed E-state index contributed by atoms with van der Waals surface area (Å²) in [5.74, 6) is -0.663. The molecular formula is C23H33N3O4. The summed E-state index contributed by atoms with van der Waals surface area (Å²) in [6.45, 7) is 8.36. The zero-order valence-corrected chi connectivity index (χ0v) is 18.4. The lowest BCUT2D eigenvalue weighted by atomic mass is 9.84. The first-order valence-electron chi connectivity index (χ1n) is 10.7. The standard InChI is InChI=1S/C23H33N3O4/c1-22(2,3)16-8-10-17(11-9-16)23(4)20(29)26(21(30)24-23)15-19(28)25-13-6-5-7-18(25)12-14-27/h8-11,18,27H,5-7,12-15H2,1-4H3,(H,24,30). The summed E-state index contributed by atoms with van der Waals surface area (Å²) in [5.41, 5.74) is 0.624.